The molecule has 4 heteroatoms. The normalized spacial score (nSPS) is 23.3. The average molecular weight is 288 g/mol. The lowest BCUT2D eigenvalue weighted by Crippen LogP contribution is -2.39. The molecule has 0 saturated heterocycles. The Balaban J connectivity index is 2.13. The second kappa shape index (κ2) is 7.33. The van der Waals surface area contributed by atoms with E-state index in [-0.39, 0.29) is 11.8 Å². The molecule has 3 atom stereocenters. The van der Waals surface area contributed by atoms with Gasteiger partial charge in [-0.3, -0.25) is 5.32 Å². The third kappa shape index (κ3) is 3.89. The predicted octanol–water partition coefficient (Wildman–Crippen LogP) is 3.52. The molecule has 1 aromatic rings. The SMILES string of the molecule is CCOc1cc(C(C#N)NC2CCCCC2C)ccc1O. The minimum absolute atomic E-state index is 0.114. The van der Waals surface area contributed by atoms with E-state index in [0.717, 1.165) is 12.0 Å². The van der Waals surface area contributed by atoms with E-state index in [1.54, 1.807) is 18.2 Å². The predicted molar refractivity (Wildman–Crippen MR) is 82.2 cm³/mol. The van der Waals surface area contributed by atoms with Crippen molar-refractivity contribution in [3.05, 3.63) is 23.8 Å². The molecule has 3 unspecified atom stereocenters. The van der Waals surface area contributed by atoms with Gasteiger partial charge in [0.2, 0.25) is 0 Å². The van der Waals surface area contributed by atoms with Gasteiger partial charge in [0.15, 0.2) is 11.5 Å². The zero-order valence-corrected chi connectivity index (χ0v) is 12.8. The lowest BCUT2D eigenvalue weighted by atomic mass is 9.85. The lowest BCUT2D eigenvalue weighted by Gasteiger charge is -2.31. The highest BCUT2D eigenvalue weighted by molar-refractivity contribution is 5.43. The molecular formula is C17H24N2O2. The zero-order chi connectivity index (χ0) is 15.2. The molecule has 1 fully saturated rings. The van der Waals surface area contributed by atoms with E-state index >= 15 is 0 Å². The van der Waals surface area contributed by atoms with E-state index in [1.807, 2.05) is 6.92 Å². The first-order valence-electron chi connectivity index (χ1n) is 7.77. The quantitative estimate of drug-likeness (QED) is 0.870. The van der Waals surface area contributed by atoms with Crippen molar-refractivity contribution in [1.29, 1.82) is 5.26 Å². The Morgan fingerprint density at radius 3 is 2.86 bits per heavy atom. The first-order valence-corrected chi connectivity index (χ1v) is 7.77. The summed E-state index contributed by atoms with van der Waals surface area (Å²) in [7, 11) is 0. The van der Waals surface area contributed by atoms with E-state index in [9.17, 15) is 10.4 Å². The van der Waals surface area contributed by atoms with Gasteiger partial charge in [-0.25, -0.2) is 0 Å². The number of ether oxygens (including phenoxy) is 1. The van der Waals surface area contributed by atoms with Gasteiger partial charge in [0.1, 0.15) is 6.04 Å². The molecule has 1 aromatic carbocycles. The summed E-state index contributed by atoms with van der Waals surface area (Å²) in [5.74, 6) is 1.15. The van der Waals surface area contributed by atoms with E-state index < -0.39 is 0 Å². The van der Waals surface area contributed by atoms with Crippen molar-refractivity contribution >= 4 is 0 Å². The Bertz CT molecular complexity index is 510. The van der Waals surface area contributed by atoms with Crippen molar-refractivity contribution in [1.82, 2.24) is 5.32 Å². The second-order valence-corrected chi connectivity index (χ2v) is 5.76. The summed E-state index contributed by atoms with van der Waals surface area (Å²) >= 11 is 0. The molecule has 0 amide bonds. The maximum atomic E-state index is 9.76. The first-order chi connectivity index (χ1) is 10.2. The summed E-state index contributed by atoms with van der Waals surface area (Å²) in [4.78, 5) is 0. The molecule has 114 valence electrons. The number of rotatable bonds is 5. The summed E-state index contributed by atoms with van der Waals surface area (Å²) in [6.07, 6.45) is 4.84. The van der Waals surface area contributed by atoms with Crippen molar-refractivity contribution in [2.75, 3.05) is 6.61 Å². The van der Waals surface area contributed by atoms with Crippen LogP contribution in [0.2, 0.25) is 0 Å². The maximum Gasteiger partial charge on any atom is 0.161 e. The Hall–Kier alpha value is -1.73. The van der Waals surface area contributed by atoms with Crippen molar-refractivity contribution < 1.29 is 9.84 Å². The fourth-order valence-corrected chi connectivity index (χ4v) is 2.97. The second-order valence-electron chi connectivity index (χ2n) is 5.76. The molecule has 4 nitrogen and oxygen atoms in total. The van der Waals surface area contributed by atoms with Crippen molar-refractivity contribution in [2.24, 2.45) is 5.92 Å². The number of nitrogens with one attached hydrogen (secondary N) is 1. The van der Waals surface area contributed by atoms with Crippen LogP contribution in [0.1, 0.15) is 51.1 Å². The van der Waals surface area contributed by atoms with Gasteiger partial charge >= 0.3 is 0 Å². The number of nitrogens with zero attached hydrogens (tertiary/aromatic N) is 1. The molecule has 0 radical (unpaired) electrons. The van der Waals surface area contributed by atoms with Crippen LogP contribution in [0.3, 0.4) is 0 Å². The number of nitriles is 1. The van der Waals surface area contributed by atoms with E-state index in [2.05, 4.69) is 18.3 Å². The molecule has 2 N–H and O–H groups in total. The lowest BCUT2D eigenvalue weighted by molar-refractivity contribution is 0.271. The van der Waals surface area contributed by atoms with Gasteiger partial charge in [-0.2, -0.15) is 5.26 Å². The number of benzene rings is 1. The number of hydrogen-bond acceptors (Lipinski definition) is 4. The molecule has 1 aliphatic rings. The standard InChI is InChI=1S/C17H24N2O2/c1-3-21-17-10-13(8-9-16(17)20)15(11-18)19-14-7-5-4-6-12(14)2/h8-10,12,14-15,19-20H,3-7H2,1-2H3. The number of phenols is 1. The maximum absolute atomic E-state index is 9.76. The van der Waals surface area contributed by atoms with Crippen LogP contribution in [0.15, 0.2) is 18.2 Å². The molecule has 0 aromatic heterocycles. The van der Waals surface area contributed by atoms with Gasteiger partial charge < -0.3 is 9.84 Å². The molecule has 0 aliphatic heterocycles. The molecule has 2 rings (SSSR count). The molecule has 0 spiro atoms. The highest BCUT2D eigenvalue weighted by atomic mass is 16.5. The van der Waals surface area contributed by atoms with Crippen LogP contribution >= 0.6 is 0 Å². The zero-order valence-electron chi connectivity index (χ0n) is 12.8. The van der Waals surface area contributed by atoms with Crippen LogP contribution in [0.4, 0.5) is 0 Å². The molecule has 0 bridgehead atoms. The monoisotopic (exact) mass is 288 g/mol. The Kier molecular flexibility index (Phi) is 5.46. The molecule has 1 saturated carbocycles. The first kappa shape index (κ1) is 15.7. The summed E-state index contributed by atoms with van der Waals surface area (Å²) < 4.78 is 5.40. The Labute approximate surface area is 126 Å². The number of aromatic hydroxyl groups is 1. The largest absolute Gasteiger partial charge is 0.504 e. The minimum atomic E-state index is -0.365. The van der Waals surface area contributed by atoms with Crippen molar-refractivity contribution in [3.63, 3.8) is 0 Å². The fourth-order valence-electron chi connectivity index (χ4n) is 2.97. The van der Waals surface area contributed by atoms with Crippen LogP contribution in [-0.2, 0) is 0 Å². The molecule has 0 heterocycles. The van der Waals surface area contributed by atoms with E-state index in [1.165, 1.54) is 19.3 Å². The van der Waals surface area contributed by atoms with Gasteiger partial charge in [-0.1, -0.05) is 25.8 Å². The fraction of sp³-hybridized carbons (Fsp3) is 0.588. The van der Waals surface area contributed by atoms with Crippen LogP contribution in [0.5, 0.6) is 11.5 Å². The topological polar surface area (TPSA) is 65.3 Å². The highest BCUT2D eigenvalue weighted by Crippen LogP contribution is 2.31. The summed E-state index contributed by atoms with van der Waals surface area (Å²) in [6, 6.07) is 7.48. The summed E-state index contributed by atoms with van der Waals surface area (Å²) in [5.41, 5.74) is 0.844. The third-order valence-corrected chi connectivity index (χ3v) is 4.24. The number of phenolic OH excluding ortho intramolecular Hbond substituents is 1. The number of hydrogen-bond donors (Lipinski definition) is 2. The van der Waals surface area contributed by atoms with Crippen LogP contribution in [0, 0.1) is 17.2 Å². The van der Waals surface area contributed by atoms with E-state index in [0.29, 0.717) is 24.3 Å². The van der Waals surface area contributed by atoms with Crippen LogP contribution in [-0.4, -0.2) is 17.8 Å². The average Bonchev–Trinajstić information content (AvgIpc) is 2.49. The van der Waals surface area contributed by atoms with Gasteiger partial charge in [-0.15, -0.1) is 0 Å². The van der Waals surface area contributed by atoms with Gasteiger partial charge in [0, 0.05) is 6.04 Å². The van der Waals surface area contributed by atoms with Crippen molar-refractivity contribution in [2.45, 2.75) is 51.6 Å². The molecule has 21 heavy (non-hydrogen) atoms. The molecular weight excluding hydrogens is 264 g/mol. The Morgan fingerprint density at radius 1 is 1.43 bits per heavy atom. The van der Waals surface area contributed by atoms with Crippen LogP contribution < -0.4 is 10.1 Å². The van der Waals surface area contributed by atoms with Gasteiger partial charge in [0.05, 0.1) is 12.7 Å². The third-order valence-electron chi connectivity index (χ3n) is 4.24. The van der Waals surface area contributed by atoms with Gasteiger partial charge in [-0.05, 0) is 43.4 Å². The molecule has 1 aliphatic carbocycles. The summed E-state index contributed by atoms with van der Waals surface area (Å²) in [6.45, 7) is 4.60. The van der Waals surface area contributed by atoms with Crippen LogP contribution in [0.25, 0.3) is 0 Å². The Morgan fingerprint density at radius 2 is 2.19 bits per heavy atom. The van der Waals surface area contributed by atoms with Crippen molar-refractivity contribution in [3.8, 4) is 17.6 Å². The van der Waals surface area contributed by atoms with E-state index in [4.69, 9.17) is 4.74 Å². The highest BCUT2D eigenvalue weighted by Gasteiger charge is 2.24. The minimum Gasteiger partial charge on any atom is -0.504 e. The van der Waals surface area contributed by atoms with Gasteiger partial charge in [0.25, 0.3) is 0 Å². The summed E-state index contributed by atoms with van der Waals surface area (Å²) in [5, 5.41) is 22.7. The smallest absolute Gasteiger partial charge is 0.161 e.